The summed E-state index contributed by atoms with van der Waals surface area (Å²) in [5.74, 6) is -0.928. The second-order valence-electron chi connectivity index (χ2n) is 7.87. The number of imidazole rings is 2. The largest absolute Gasteiger partial charge is 0.489 e. The van der Waals surface area contributed by atoms with Gasteiger partial charge in [0.1, 0.15) is 29.5 Å². The summed E-state index contributed by atoms with van der Waals surface area (Å²) >= 11 is 0. The van der Waals surface area contributed by atoms with Crippen LogP contribution in [0.5, 0.6) is 5.75 Å². The van der Waals surface area contributed by atoms with Gasteiger partial charge >= 0.3 is 6.18 Å². The van der Waals surface area contributed by atoms with Crippen molar-refractivity contribution >= 4 is 28.5 Å². The molecule has 0 spiro atoms. The molecule has 3 aromatic heterocycles. The minimum Gasteiger partial charge on any atom is -0.489 e. The van der Waals surface area contributed by atoms with Crippen molar-refractivity contribution in [2.75, 3.05) is 5.32 Å². The predicted molar refractivity (Wildman–Crippen MR) is 120 cm³/mol. The number of benzene rings is 2. The molecule has 5 rings (SSSR count). The number of carbonyl (C=O) groups excluding carboxylic acids is 1. The number of aryl methyl sites for hydroxylation is 1. The van der Waals surface area contributed by atoms with Crippen LogP contribution in [0.4, 0.5) is 23.5 Å². The van der Waals surface area contributed by atoms with Gasteiger partial charge in [-0.15, -0.1) is 0 Å². The van der Waals surface area contributed by atoms with Crippen LogP contribution in [0.3, 0.4) is 0 Å². The number of rotatable bonds is 5. The van der Waals surface area contributed by atoms with Gasteiger partial charge in [0, 0.05) is 18.0 Å². The number of H-pyrrole nitrogens is 1. The van der Waals surface area contributed by atoms with Crippen molar-refractivity contribution in [3.05, 3.63) is 89.1 Å². The molecule has 0 aliphatic heterocycles. The van der Waals surface area contributed by atoms with Crippen LogP contribution in [0.25, 0.3) is 16.7 Å². The molecule has 0 fully saturated rings. The number of aromatic nitrogens is 4. The molecule has 0 aliphatic carbocycles. The highest BCUT2D eigenvalue weighted by Crippen LogP contribution is 2.31. The maximum Gasteiger partial charge on any atom is 0.416 e. The number of halogens is 4. The summed E-state index contributed by atoms with van der Waals surface area (Å²) in [5.41, 5.74) is 1.80. The first-order valence-electron chi connectivity index (χ1n) is 10.4. The molecule has 3 heterocycles. The van der Waals surface area contributed by atoms with Crippen molar-refractivity contribution < 1.29 is 27.1 Å². The Balaban J connectivity index is 1.31. The molecule has 2 N–H and O–H groups in total. The normalized spacial score (nSPS) is 11.8. The molecule has 0 unspecified atom stereocenters. The number of fused-ring (bicyclic) bond motifs is 2. The molecule has 5 aromatic rings. The van der Waals surface area contributed by atoms with Crippen molar-refractivity contribution in [3.8, 4) is 5.75 Å². The number of hydrogen-bond donors (Lipinski definition) is 2. The number of amides is 1. The van der Waals surface area contributed by atoms with Crippen LogP contribution < -0.4 is 10.1 Å². The molecule has 2 aromatic carbocycles. The van der Waals surface area contributed by atoms with E-state index < -0.39 is 23.5 Å². The van der Waals surface area contributed by atoms with E-state index in [0.29, 0.717) is 28.5 Å². The van der Waals surface area contributed by atoms with E-state index in [1.807, 2.05) is 19.1 Å². The van der Waals surface area contributed by atoms with Crippen LogP contribution in [0.2, 0.25) is 0 Å². The highest BCUT2D eigenvalue weighted by molar-refractivity contribution is 6.03. The Morgan fingerprint density at radius 3 is 2.71 bits per heavy atom. The second kappa shape index (κ2) is 8.42. The number of carbonyl (C=O) groups is 1. The van der Waals surface area contributed by atoms with Gasteiger partial charge in [0.2, 0.25) is 5.95 Å². The van der Waals surface area contributed by atoms with E-state index in [9.17, 15) is 22.4 Å². The van der Waals surface area contributed by atoms with Crippen LogP contribution in [0.15, 0.2) is 60.8 Å². The van der Waals surface area contributed by atoms with Crippen LogP contribution >= 0.6 is 0 Å². The quantitative estimate of drug-likeness (QED) is 0.323. The average Bonchev–Trinajstić information content (AvgIpc) is 3.41. The van der Waals surface area contributed by atoms with E-state index in [4.69, 9.17) is 4.74 Å². The summed E-state index contributed by atoms with van der Waals surface area (Å²) in [6, 6.07) is 12.6. The van der Waals surface area contributed by atoms with Gasteiger partial charge in [0.25, 0.3) is 5.91 Å². The predicted octanol–water partition coefficient (Wildman–Crippen LogP) is 5.51. The summed E-state index contributed by atoms with van der Waals surface area (Å²) < 4.78 is 59.7. The van der Waals surface area contributed by atoms with Crippen LogP contribution in [0, 0.1) is 12.7 Å². The number of nitrogens with one attached hydrogen (secondary N) is 2. The monoisotopic (exact) mass is 483 g/mol. The third-order valence-electron chi connectivity index (χ3n) is 5.30. The zero-order chi connectivity index (χ0) is 24.7. The Morgan fingerprint density at radius 2 is 1.94 bits per heavy atom. The number of aromatic amines is 1. The van der Waals surface area contributed by atoms with E-state index in [0.717, 1.165) is 17.8 Å². The van der Waals surface area contributed by atoms with Crippen molar-refractivity contribution in [2.45, 2.75) is 19.7 Å². The molecule has 1 amide bonds. The maximum atomic E-state index is 13.6. The number of hydrogen-bond acceptors (Lipinski definition) is 4. The lowest BCUT2D eigenvalue weighted by Crippen LogP contribution is -2.13. The lowest BCUT2D eigenvalue weighted by atomic mass is 10.1. The number of alkyl halides is 3. The SMILES string of the molecule is Cc1cccc2nc(C(=O)Nc3nc4ccc(OCc5cc(F)cc(C(F)(F)F)c5)cc4[nH]3)cn12. The Hall–Kier alpha value is -4.41. The minimum absolute atomic E-state index is 0.0395. The Bertz CT molecular complexity index is 1570. The van der Waals surface area contributed by atoms with Crippen molar-refractivity contribution in [1.29, 1.82) is 0 Å². The Labute approximate surface area is 195 Å². The average molecular weight is 483 g/mol. The highest BCUT2D eigenvalue weighted by Gasteiger charge is 2.31. The molecule has 0 saturated carbocycles. The Morgan fingerprint density at radius 1 is 1.11 bits per heavy atom. The molecule has 35 heavy (non-hydrogen) atoms. The smallest absolute Gasteiger partial charge is 0.416 e. The van der Waals surface area contributed by atoms with Gasteiger partial charge in [-0.25, -0.2) is 14.4 Å². The Kier molecular flexibility index (Phi) is 5.39. The van der Waals surface area contributed by atoms with Crippen LogP contribution in [0.1, 0.15) is 27.3 Å². The lowest BCUT2D eigenvalue weighted by Gasteiger charge is -2.10. The van der Waals surface area contributed by atoms with E-state index in [-0.39, 0.29) is 23.8 Å². The summed E-state index contributed by atoms with van der Waals surface area (Å²) in [6.07, 6.45) is -3.03. The van der Waals surface area contributed by atoms with Crippen molar-refractivity contribution in [3.63, 3.8) is 0 Å². The van der Waals surface area contributed by atoms with Gasteiger partial charge in [-0.05, 0) is 55.0 Å². The van der Waals surface area contributed by atoms with Gasteiger partial charge < -0.3 is 14.1 Å². The van der Waals surface area contributed by atoms with Gasteiger partial charge in [-0.3, -0.25) is 10.1 Å². The molecular formula is C24H17F4N5O2. The van der Waals surface area contributed by atoms with E-state index in [1.54, 1.807) is 34.9 Å². The number of ether oxygens (including phenoxy) is 1. The summed E-state index contributed by atoms with van der Waals surface area (Å²) in [7, 11) is 0. The van der Waals surface area contributed by atoms with Crippen LogP contribution in [-0.2, 0) is 12.8 Å². The first-order chi connectivity index (χ1) is 16.7. The molecule has 0 atom stereocenters. The molecule has 11 heteroatoms. The van der Waals surface area contributed by atoms with Crippen LogP contribution in [-0.4, -0.2) is 25.3 Å². The van der Waals surface area contributed by atoms with Gasteiger partial charge in [-0.2, -0.15) is 13.2 Å². The zero-order valence-corrected chi connectivity index (χ0v) is 18.2. The third-order valence-corrected chi connectivity index (χ3v) is 5.30. The fraction of sp³-hybridized carbons (Fsp3) is 0.125. The van der Waals surface area contributed by atoms with Gasteiger partial charge in [-0.1, -0.05) is 6.07 Å². The molecule has 0 aliphatic rings. The van der Waals surface area contributed by atoms with Crippen molar-refractivity contribution in [2.24, 2.45) is 0 Å². The van der Waals surface area contributed by atoms with Crippen molar-refractivity contribution in [1.82, 2.24) is 19.4 Å². The fourth-order valence-corrected chi connectivity index (χ4v) is 3.63. The molecule has 0 radical (unpaired) electrons. The fourth-order valence-electron chi connectivity index (χ4n) is 3.63. The second-order valence-corrected chi connectivity index (χ2v) is 7.87. The number of nitrogens with zero attached hydrogens (tertiary/aromatic N) is 3. The van der Waals surface area contributed by atoms with E-state index in [1.165, 1.54) is 0 Å². The first-order valence-corrected chi connectivity index (χ1v) is 10.4. The molecule has 7 nitrogen and oxygen atoms in total. The van der Waals surface area contributed by atoms with Gasteiger partial charge in [0.15, 0.2) is 0 Å². The molecule has 0 saturated heterocycles. The molecule has 0 bridgehead atoms. The lowest BCUT2D eigenvalue weighted by molar-refractivity contribution is -0.137. The zero-order valence-electron chi connectivity index (χ0n) is 18.2. The molecule has 178 valence electrons. The van der Waals surface area contributed by atoms with E-state index in [2.05, 4.69) is 20.3 Å². The topological polar surface area (TPSA) is 84.3 Å². The highest BCUT2D eigenvalue weighted by atomic mass is 19.4. The summed E-state index contributed by atoms with van der Waals surface area (Å²) in [5, 5.41) is 2.66. The standard InChI is InChI=1S/C24H17F4N5O2/c1-13-3-2-4-21-29-20(11-33(13)21)22(34)32-23-30-18-6-5-17(10-19(18)31-23)35-12-14-7-15(24(26,27)28)9-16(25)8-14/h2-11H,12H2,1H3,(H2,30,31,32,34). The third kappa shape index (κ3) is 4.65. The number of pyridine rings is 1. The summed E-state index contributed by atoms with van der Waals surface area (Å²) in [4.78, 5) is 24.2. The maximum absolute atomic E-state index is 13.6. The minimum atomic E-state index is -4.66. The molecular weight excluding hydrogens is 466 g/mol. The van der Waals surface area contributed by atoms with E-state index >= 15 is 0 Å². The van der Waals surface area contributed by atoms with Gasteiger partial charge in [0.05, 0.1) is 16.6 Å². The first kappa shape index (κ1) is 22.4. The summed E-state index contributed by atoms with van der Waals surface area (Å²) in [6.45, 7) is 1.64. The number of anilines is 1.